The predicted molar refractivity (Wildman–Crippen MR) is 81.3 cm³/mol. The number of hydrogen-bond acceptors (Lipinski definition) is 2. The van der Waals surface area contributed by atoms with Crippen molar-refractivity contribution in [3.05, 3.63) is 60.3 Å². The van der Waals surface area contributed by atoms with Crippen LogP contribution in [0.15, 0.2) is 54.7 Å². The van der Waals surface area contributed by atoms with Gasteiger partial charge in [0.25, 0.3) is 0 Å². The van der Waals surface area contributed by atoms with Gasteiger partial charge in [0.15, 0.2) is 0 Å². The quantitative estimate of drug-likeness (QED) is 0.514. The van der Waals surface area contributed by atoms with Crippen molar-refractivity contribution < 1.29 is 0 Å². The number of benzene rings is 1. The smallest absolute Gasteiger partial charge is 0.130 e. The van der Waals surface area contributed by atoms with Crippen molar-refractivity contribution in [2.75, 3.05) is 5.32 Å². The van der Waals surface area contributed by atoms with E-state index in [1.807, 2.05) is 54.6 Å². The first-order valence-electron chi connectivity index (χ1n) is 5.50. The van der Waals surface area contributed by atoms with Crippen LogP contribution in [0.25, 0.3) is 6.08 Å². The Balaban J connectivity index is 1.97. The van der Waals surface area contributed by atoms with Crippen molar-refractivity contribution in [1.29, 1.82) is 0 Å². The number of hydrogen-bond donors (Lipinski definition) is 1. The molecule has 2 rings (SSSR count). The highest BCUT2D eigenvalue weighted by Crippen LogP contribution is 2.03. The van der Waals surface area contributed by atoms with E-state index in [0.717, 1.165) is 16.8 Å². The van der Waals surface area contributed by atoms with Crippen LogP contribution < -0.4 is 10.8 Å². The molecular formula is C14H11BN2S. The molecule has 0 bridgehead atoms. The highest BCUT2D eigenvalue weighted by Gasteiger charge is 1.93. The summed E-state index contributed by atoms with van der Waals surface area (Å²) in [5.74, 6) is 0.740. The second kappa shape index (κ2) is 6.12. The van der Waals surface area contributed by atoms with E-state index in [9.17, 15) is 0 Å². The molecule has 2 radical (unpaired) electrons. The van der Waals surface area contributed by atoms with Gasteiger partial charge in [0, 0.05) is 6.20 Å². The lowest BCUT2D eigenvalue weighted by Crippen LogP contribution is -2.06. The summed E-state index contributed by atoms with van der Waals surface area (Å²) in [6.07, 6.45) is 5.47. The third-order valence-corrected chi connectivity index (χ3v) is 2.52. The Morgan fingerprint density at radius 3 is 2.61 bits per heavy atom. The van der Waals surface area contributed by atoms with Crippen LogP contribution in [-0.4, -0.2) is 17.8 Å². The summed E-state index contributed by atoms with van der Waals surface area (Å²) in [7, 11) is 5.61. The van der Waals surface area contributed by atoms with Crippen LogP contribution in [0.5, 0.6) is 0 Å². The summed E-state index contributed by atoms with van der Waals surface area (Å²) in [5.41, 5.74) is 1.80. The SMILES string of the molecule is [B]c1ccc(/C=C/C(=S)Nc2ccccn2)cc1. The maximum absolute atomic E-state index is 5.61. The normalized spacial score (nSPS) is 10.4. The molecule has 4 heteroatoms. The van der Waals surface area contributed by atoms with E-state index in [0.29, 0.717) is 4.99 Å². The molecule has 0 aliphatic rings. The Morgan fingerprint density at radius 1 is 1.17 bits per heavy atom. The fraction of sp³-hybridized carbons (Fsp3) is 0. The highest BCUT2D eigenvalue weighted by atomic mass is 32.1. The maximum Gasteiger partial charge on any atom is 0.130 e. The average Bonchev–Trinajstić information content (AvgIpc) is 2.39. The topological polar surface area (TPSA) is 24.9 Å². The highest BCUT2D eigenvalue weighted by molar-refractivity contribution is 7.81. The van der Waals surface area contributed by atoms with E-state index in [-0.39, 0.29) is 0 Å². The molecule has 0 aliphatic carbocycles. The lowest BCUT2D eigenvalue weighted by molar-refractivity contribution is 1.33. The first kappa shape index (κ1) is 12.5. The van der Waals surface area contributed by atoms with Crippen LogP contribution in [-0.2, 0) is 0 Å². The van der Waals surface area contributed by atoms with Crippen LogP contribution >= 0.6 is 12.2 Å². The van der Waals surface area contributed by atoms with Gasteiger partial charge in [-0.15, -0.1) is 0 Å². The molecule has 0 fully saturated rings. The minimum atomic E-state index is 0.616. The molecule has 2 nitrogen and oxygen atoms in total. The van der Waals surface area contributed by atoms with Crippen LogP contribution in [0.3, 0.4) is 0 Å². The van der Waals surface area contributed by atoms with E-state index in [1.54, 1.807) is 6.20 Å². The first-order valence-corrected chi connectivity index (χ1v) is 5.90. The van der Waals surface area contributed by atoms with Gasteiger partial charge in [0.2, 0.25) is 0 Å². The number of anilines is 1. The summed E-state index contributed by atoms with van der Waals surface area (Å²) in [4.78, 5) is 4.75. The molecule has 0 atom stereocenters. The Morgan fingerprint density at radius 2 is 1.94 bits per heavy atom. The fourth-order valence-corrected chi connectivity index (χ4v) is 1.56. The van der Waals surface area contributed by atoms with Crippen LogP contribution in [0, 0.1) is 0 Å². The molecule has 18 heavy (non-hydrogen) atoms. The maximum atomic E-state index is 5.61. The number of thiocarbonyl (C=S) groups is 1. The molecule has 0 unspecified atom stereocenters. The van der Waals surface area contributed by atoms with E-state index in [4.69, 9.17) is 20.1 Å². The van der Waals surface area contributed by atoms with Crippen LogP contribution in [0.4, 0.5) is 5.82 Å². The molecule has 2 aromatic rings. The van der Waals surface area contributed by atoms with Gasteiger partial charge in [-0.25, -0.2) is 4.98 Å². The number of aromatic nitrogens is 1. The monoisotopic (exact) mass is 250 g/mol. The van der Waals surface area contributed by atoms with E-state index >= 15 is 0 Å². The standard InChI is InChI=1S/C14H11BN2S/c15-12-7-4-11(5-8-12)6-9-14(18)17-13-3-1-2-10-16-13/h1-10H,(H,16,17,18)/b9-6+. The predicted octanol–water partition coefficient (Wildman–Crippen LogP) is 2.33. The van der Waals surface area contributed by atoms with Crippen molar-refractivity contribution in [1.82, 2.24) is 4.98 Å². The zero-order valence-electron chi connectivity index (χ0n) is 9.71. The first-order chi connectivity index (χ1) is 8.74. The van der Waals surface area contributed by atoms with E-state index in [2.05, 4.69) is 10.3 Å². The van der Waals surface area contributed by atoms with Crippen LogP contribution in [0.2, 0.25) is 0 Å². The molecule has 0 amide bonds. The number of pyridine rings is 1. The van der Waals surface area contributed by atoms with E-state index in [1.165, 1.54) is 0 Å². The molecule has 1 heterocycles. The summed E-state index contributed by atoms with van der Waals surface area (Å²) in [6.45, 7) is 0. The third kappa shape index (κ3) is 3.82. The van der Waals surface area contributed by atoms with Gasteiger partial charge in [-0.1, -0.05) is 54.1 Å². The van der Waals surface area contributed by atoms with Crippen molar-refractivity contribution in [3.8, 4) is 0 Å². The third-order valence-electron chi connectivity index (χ3n) is 2.28. The summed E-state index contributed by atoms with van der Waals surface area (Å²) in [5, 5.41) is 3.03. The summed E-state index contributed by atoms with van der Waals surface area (Å²) >= 11 is 5.20. The summed E-state index contributed by atoms with van der Waals surface area (Å²) in [6, 6.07) is 13.2. The lowest BCUT2D eigenvalue weighted by atomic mass is 9.95. The molecule has 0 spiro atoms. The van der Waals surface area contributed by atoms with Crippen molar-refractivity contribution in [2.24, 2.45) is 0 Å². The molecule has 0 aliphatic heterocycles. The number of nitrogens with zero attached hydrogens (tertiary/aromatic N) is 1. The Labute approximate surface area is 113 Å². The fourth-order valence-electron chi connectivity index (χ4n) is 1.38. The number of nitrogens with one attached hydrogen (secondary N) is 1. The van der Waals surface area contributed by atoms with Crippen molar-refractivity contribution in [3.63, 3.8) is 0 Å². The van der Waals surface area contributed by atoms with Gasteiger partial charge >= 0.3 is 0 Å². The van der Waals surface area contributed by atoms with Gasteiger partial charge in [-0.2, -0.15) is 0 Å². The molecule has 1 N–H and O–H groups in total. The zero-order valence-corrected chi connectivity index (χ0v) is 10.5. The zero-order chi connectivity index (χ0) is 12.8. The largest absolute Gasteiger partial charge is 0.331 e. The number of rotatable bonds is 3. The average molecular weight is 250 g/mol. The molecule has 1 aromatic heterocycles. The van der Waals surface area contributed by atoms with Gasteiger partial charge in [-0.05, 0) is 23.8 Å². The Kier molecular flexibility index (Phi) is 4.26. The van der Waals surface area contributed by atoms with Gasteiger partial charge < -0.3 is 5.32 Å². The van der Waals surface area contributed by atoms with Crippen LogP contribution in [0.1, 0.15) is 5.56 Å². The minimum absolute atomic E-state index is 0.616. The molecular weight excluding hydrogens is 239 g/mol. The molecule has 0 saturated heterocycles. The molecule has 1 aromatic carbocycles. The van der Waals surface area contributed by atoms with Crippen molar-refractivity contribution >= 4 is 42.4 Å². The van der Waals surface area contributed by atoms with Gasteiger partial charge in [0.05, 0.1) is 0 Å². The Hall–Kier alpha value is -1.94. The molecule has 86 valence electrons. The van der Waals surface area contributed by atoms with Gasteiger partial charge in [-0.3, -0.25) is 0 Å². The Bertz CT molecular complexity index is 550. The minimum Gasteiger partial charge on any atom is -0.331 e. The van der Waals surface area contributed by atoms with Gasteiger partial charge in [0.1, 0.15) is 18.7 Å². The van der Waals surface area contributed by atoms with E-state index < -0.39 is 0 Å². The molecule has 0 saturated carbocycles. The summed E-state index contributed by atoms with van der Waals surface area (Å²) < 4.78 is 0. The second-order valence-corrected chi connectivity index (χ2v) is 4.14. The second-order valence-electron chi connectivity index (χ2n) is 3.70. The van der Waals surface area contributed by atoms with Crippen molar-refractivity contribution in [2.45, 2.75) is 0 Å². The lowest BCUT2D eigenvalue weighted by Gasteiger charge is -2.02.